The molecule has 0 aromatic heterocycles. The zero-order valence-corrected chi connectivity index (χ0v) is 19.4. The lowest BCUT2D eigenvalue weighted by Gasteiger charge is -2.36. The number of ether oxygens (including phenoxy) is 1. The van der Waals surface area contributed by atoms with Gasteiger partial charge in [-0.15, -0.1) is 24.0 Å². The number of rotatable bonds is 5. The Morgan fingerprint density at radius 2 is 1.93 bits per heavy atom. The normalized spacial score (nSPS) is 26.2. The van der Waals surface area contributed by atoms with Crippen molar-refractivity contribution in [3.05, 3.63) is 30.3 Å². The van der Waals surface area contributed by atoms with Gasteiger partial charge < -0.3 is 25.2 Å². The van der Waals surface area contributed by atoms with Crippen LogP contribution in [0.5, 0.6) is 0 Å². The molecule has 1 aromatic carbocycles. The Kier molecular flexibility index (Phi) is 7.99. The molecule has 0 spiro atoms. The molecule has 3 fully saturated rings. The molecule has 7 nitrogen and oxygen atoms in total. The van der Waals surface area contributed by atoms with Crippen LogP contribution in [0.4, 0.5) is 5.69 Å². The van der Waals surface area contributed by atoms with Crippen LogP contribution in [0.3, 0.4) is 0 Å². The summed E-state index contributed by atoms with van der Waals surface area (Å²) in [7, 11) is 1.77. The van der Waals surface area contributed by atoms with Crippen molar-refractivity contribution in [2.75, 3.05) is 44.7 Å². The first kappa shape index (κ1) is 22.1. The van der Waals surface area contributed by atoms with Crippen LogP contribution in [0.1, 0.15) is 25.7 Å². The van der Waals surface area contributed by atoms with E-state index in [0.29, 0.717) is 31.2 Å². The van der Waals surface area contributed by atoms with Crippen molar-refractivity contribution in [3.8, 4) is 0 Å². The fraction of sp³-hybridized carbons (Fsp3) is 0.619. The van der Waals surface area contributed by atoms with Crippen molar-refractivity contribution in [1.82, 2.24) is 15.5 Å². The van der Waals surface area contributed by atoms with Gasteiger partial charge in [-0.05, 0) is 31.4 Å². The number of carbonyl (C=O) groups is 1. The third-order valence-electron chi connectivity index (χ3n) is 6.04. The standard InChI is InChI=1S/C21H31N5O2.HI/c1-22-21(24-18-15-17-7-8-19(18)28-17)23-10-9-20(27)26-13-11-25(12-14-26)16-5-3-2-4-6-16;/h2-6,17-19H,7-15H2,1H3,(H2,22,23,24);1H. The summed E-state index contributed by atoms with van der Waals surface area (Å²) >= 11 is 0. The molecule has 0 aliphatic carbocycles. The van der Waals surface area contributed by atoms with Crippen LogP contribution in [-0.2, 0) is 9.53 Å². The van der Waals surface area contributed by atoms with E-state index in [9.17, 15) is 4.79 Å². The second-order valence-electron chi connectivity index (χ2n) is 7.81. The zero-order valence-electron chi connectivity index (χ0n) is 17.0. The van der Waals surface area contributed by atoms with Crippen LogP contribution < -0.4 is 15.5 Å². The van der Waals surface area contributed by atoms with Gasteiger partial charge in [0.2, 0.25) is 5.91 Å². The summed E-state index contributed by atoms with van der Waals surface area (Å²) < 4.78 is 5.88. The van der Waals surface area contributed by atoms with E-state index in [0.717, 1.165) is 45.0 Å². The molecule has 3 unspecified atom stereocenters. The molecule has 4 rings (SSSR count). The number of amides is 1. The average molecular weight is 513 g/mol. The van der Waals surface area contributed by atoms with Gasteiger partial charge in [0.15, 0.2) is 5.96 Å². The number of halogens is 1. The van der Waals surface area contributed by atoms with Crippen molar-refractivity contribution >= 4 is 41.5 Å². The number of guanidine groups is 1. The number of nitrogens with one attached hydrogen (secondary N) is 2. The van der Waals surface area contributed by atoms with E-state index >= 15 is 0 Å². The molecule has 0 saturated carbocycles. The first-order valence-electron chi connectivity index (χ1n) is 10.4. The SMILES string of the molecule is CN=C(NCCC(=O)N1CCN(c2ccccc2)CC1)NC1CC2CCC1O2.I. The number of piperazine rings is 1. The second-order valence-corrected chi connectivity index (χ2v) is 7.81. The molecule has 1 amide bonds. The van der Waals surface area contributed by atoms with Crippen molar-refractivity contribution in [1.29, 1.82) is 0 Å². The highest BCUT2D eigenvalue weighted by atomic mass is 127. The zero-order chi connectivity index (χ0) is 19.3. The fourth-order valence-corrected chi connectivity index (χ4v) is 4.46. The maximum Gasteiger partial charge on any atom is 0.224 e. The molecule has 3 saturated heterocycles. The molecule has 3 heterocycles. The Hall–Kier alpha value is -1.55. The minimum absolute atomic E-state index is 0. The number of para-hydroxylation sites is 1. The summed E-state index contributed by atoms with van der Waals surface area (Å²) in [6.07, 6.45) is 4.57. The molecule has 3 aliphatic rings. The van der Waals surface area contributed by atoms with E-state index in [1.54, 1.807) is 7.05 Å². The van der Waals surface area contributed by atoms with Crippen molar-refractivity contribution in [3.63, 3.8) is 0 Å². The molecule has 0 radical (unpaired) electrons. The second kappa shape index (κ2) is 10.5. The predicted octanol–water partition coefficient (Wildman–Crippen LogP) is 1.83. The summed E-state index contributed by atoms with van der Waals surface area (Å²) in [6.45, 7) is 3.93. The van der Waals surface area contributed by atoms with E-state index in [1.807, 2.05) is 11.0 Å². The highest BCUT2D eigenvalue weighted by Gasteiger charge is 2.41. The van der Waals surface area contributed by atoms with E-state index in [2.05, 4.69) is 44.8 Å². The average Bonchev–Trinajstić information content (AvgIpc) is 3.37. The van der Waals surface area contributed by atoms with Gasteiger partial charge in [0.05, 0.1) is 18.2 Å². The topological polar surface area (TPSA) is 69.2 Å². The molecule has 3 atom stereocenters. The molecular formula is C21H32IN5O2. The Labute approximate surface area is 190 Å². The van der Waals surface area contributed by atoms with Crippen LogP contribution in [0.15, 0.2) is 35.3 Å². The maximum absolute atomic E-state index is 12.5. The smallest absolute Gasteiger partial charge is 0.224 e. The number of carbonyl (C=O) groups excluding carboxylic acids is 1. The number of hydrogen-bond acceptors (Lipinski definition) is 4. The van der Waals surface area contributed by atoms with Crippen molar-refractivity contribution in [2.45, 2.75) is 43.9 Å². The van der Waals surface area contributed by atoms with Gasteiger partial charge in [-0.1, -0.05) is 18.2 Å². The fourth-order valence-electron chi connectivity index (χ4n) is 4.46. The summed E-state index contributed by atoms with van der Waals surface area (Å²) in [5.74, 6) is 0.974. The maximum atomic E-state index is 12.5. The number of anilines is 1. The van der Waals surface area contributed by atoms with E-state index in [1.165, 1.54) is 12.1 Å². The third kappa shape index (κ3) is 5.53. The molecule has 2 N–H and O–H groups in total. The largest absolute Gasteiger partial charge is 0.373 e. The lowest BCUT2D eigenvalue weighted by Crippen LogP contribution is -2.50. The summed E-state index contributed by atoms with van der Waals surface area (Å²) in [5, 5.41) is 6.74. The van der Waals surface area contributed by atoms with Crippen molar-refractivity contribution < 1.29 is 9.53 Å². The monoisotopic (exact) mass is 513 g/mol. The molecule has 1 aromatic rings. The van der Waals surface area contributed by atoms with Gasteiger partial charge in [-0.25, -0.2) is 0 Å². The van der Waals surface area contributed by atoms with Gasteiger partial charge in [0.25, 0.3) is 0 Å². The molecule has 2 bridgehead atoms. The summed E-state index contributed by atoms with van der Waals surface area (Å²) in [6, 6.07) is 10.7. The summed E-state index contributed by atoms with van der Waals surface area (Å²) in [5.41, 5.74) is 1.23. The Bertz CT molecular complexity index is 694. The quantitative estimate of drug-likeness (QED) is 0.358. The van der Waals surface area contributed by atoms with Gasteiger partial charge in [-0.3, -0.25) is 9.79 Å². The minimum atomic E-state index is 0. The Morgan fingerprint density at radius 3 is 2.55 bits per heavy atom. The van der Waals surface area contributed by atoms with Crippen molar-refractivity contribution in [2.24, 2.45) is 4.99 Å². The lowest BCUT2D eigenvalue weighted by molar-refractivity contribution is -0.131. The first-order valence-corrected chi connectivity index (χ1v) is 10.4. The number of fused-ring (bicyclic) bond motifs is 2. The van der Waals surface area contributed by atoms with Gasteiger partial charge in [0, 0.05) is 51.9 Å². The van der Waals surface area contributed by atoms with E-state index in [4.69, 9.17) is 4.74 Å². The highest BCUT2D eigenvalue weighted by molar-refractivity contribution is 14.0. The van der Waals surface area contributed by atoms with Gasteiger partial charge >= 0.3 is 0 Å². The molecule has 160 valence electrons. The number of benzene rings is 1. The Morgan fingerprint density at radius 1 is 1.17 bits per heavy atom. The van der Waals surface area contributed by atoms with Crippen LogP contribution in [-0.4, -0.2) is 74.8 Å². The first-order chi connectivity index (χ1) is 13.7. The van der Waals surface area contributed by atoms with Gasteiger partial charge in [-0.2, -0.15) is 0 Å². The van der Waals surface area contributed by atoms with Gasteiger partial charge in [0.1, 0.15) is 0 Å². The predicted molar refractivity (Wildman–Crippen MR) is 126 cm³/mol. The highest BCUT2D eigenvalue weighted by Crippen LogP contribution is 2.34. The molecule has 29 heavy (non-hydrogen) atoms. The third-order valence-corrected chi connectivity index (χ3v) is 6.04. The molecule has 3 aliphatic heterocycles. The Balaban J connectivity index is 0.00000240. The van der Waals surface area contributed by atoms with Crippen LogP contribution in [0, 0.1) is 0 Å². The lowest BCUT2D eigenvalue weighted by atomic mass is 9.96. The molecule has 8 heteroatoms. The van der Waals surface area contributed by atoms with E-state index < -0.39 is 0 Å². The number of hydrogen-bond donors (Lipinski definition) is 2. The number of aliphatic imine (C=N–C) groups is 1. The van der Waals surface area contributed by atoms with Crippen LogP contribution in [0.25, 0.3) is 0 Å². The minimum Gasteiger partial charge on any atom is -0.373 e. The van der Waals surface area contributed by atoms with Crippen LogP contribution in [0.2, 0.25) is 0 Å². The van der Waals surface area contributed by atoms with Crippen LogP contribution >= 0.6 is 24.0 Å². The van der Waals surface area contributed by atoms with E-state index in [-0.39, 0.29) is 29.9 Å². The molecular weight excluding hydrogens is 481 g/mol. The number of nitrogens with zero attached hydrogens (tertiary/aromatic N) is 3. The summed E-state index contributed by atoms with van der Waals surface area (Å²) in [4.78, 5) is 21.2.